The van der Waals surface area contributed by atoms with E-state index in [4.69, 9.17) is 18.6 Å². The predicted molar refractivity (Wildman–Crippen MR) is 138 cm³/mol. The van der Waals surface area contributed by atoms with E-state index in [0.29, 0.717) is 55.9 Å². The SMILES string of the molecule is CCOC(=O)C1=C(C)N=c2s/c(=C\c3ccc(N(C)C)o3)c(=O)n2C1c1ccc(OC)c(OCC)c1. The van der Waals surface area contributed by atoms with Crippen LogP contribution in [0.4, 0.5) is 5.88 Å². The third kappa shape index (κ3) is 4.68. The summed E-state index contributed by atoms with van der Waals surface area (Å²) in [4.78, 5) is 33.7. The highest BCUT2D eigenvalue weighted by molar-refractivity contribution is 7.07. The number of nitrogens with zero attached hydrogens (tertiary/aromatic N) is 3. The van der Waals surface area contributed by atoms with E-state index in [1.54, 1.807) is 45.2 Å². The van der Waals surface area contributed by atoms with E-state index in [-0.39, 0.29) is 12.2 Å². The monoisotopic (exact) mass is 511 g/mol. The van der Waals surface area contributed by atoms with Crippen molar-refractivity contribution in [2.75, 3.05) is 39.3 Å². The number of hydrogen-bond donors (Lipinski definition) is 0. The molecule has 3 heterocycles. The standard InChI is InChI=1S/C26H29N3O6S/c1-7-33-19-13-16(9-11-18(19)32-6)23-22(25(31)34-8-2)15(3)27-26-29(23)24(30)20(36-26)14-17-10-12-21(35-17)28(4)5/h9-14,23H,7-8H2,1-6H3/b20-14-. The van der Waals surface area contributed by atoms with Crippen molar-refractivity contribution in [2.45, 2.75) is 26.8 Å². The lowest BCUT2D eigenvalue weighted by atomic mass is 9.95. The van der Waals surface area contributed by atoms with Gasteiger partial charge in [-0.2, -0.15) is 0 Å². The van der Waals surface area contributed by atoms with Crippen molar-refractivity contribution in [1.29, 1.82) is 0 Å². The predicted octanol–water partition coefficient (Wildman–Crippen LogP) is 2.86. The van der Waals surface area contributed by atoms with Crippen LogP contribution in [0.1, 0.15) is 38.1 Å². The van der Waals surface area contributed by atoms with Crippen LogP contribution in [0.2, 0.25) is 0 Å². The molecule has 0 spiro atoms. The van der Waals surface area contributed by atoms with Crippen LogP contribution >= 0.6 is 11.3 Å². The van der Waals surface area contributed by atoms with Crippen molar-refractivity contribution >= 4 is 29.3 Å². The summed E-state index contributed by atoms with van der Waals surface area (Å²) >= 11 is 1.24. The Labute approximate surface area is 212 Å². The summed E-state index contributed by atoms with van der Waals surface area (Å²) < 4.78 is 24.3. The number of esters is 1. The number of aromatic nitrogens is 1. The number of furan rings is 1. The van der Waals surface area contributed by atoms with Gasteiger partial charge in [0.05, 0.1) is 42.2 Å². The van der Waals surface area contributed by atoms with Crippen molar-refractivity contribution in [3.63, 3.8) is 0 Å². The molecule has 0 bridgehead atoms. The molecular weight excluding hydrogens is 482 g/mol. The van der Waals surface area contributed by atoms with Crippen molar-refractivity contribution in [3.8, 4) is 11.5 Å². The molecule has 0 fully saturated rings. The summed E-state index contributed by atoms with van der Waals surface area (Å²) in [7, 11) is 5.31. The zero-order valence-corrected chi connectivity index (χ0v) is 22.0. The molecule has 1 aliphatic rings. The highest BCUT2D eigenvalue weighted by Crippen LogP contribution is 2.36. The molecule has 10 heteroatoms. The number of allylic oxidation sites excluding steroid dienone is 1. The van der Waals surface area contributed by atoms with Crippen LogP contribution in [0.15, 0.2) is 55.8 Å². The second-order valence-electron chi connectivity index (χ2n) is 8.22. The number of fused-ring (bicyclic) bond motifs is 1. The van der Waals surface area contributed by atoms with Gasteiger partial charge in [-0.25, -0.2) is 9.79 Å². The number of hydrogen-bond acceptors (Lipinski definition) is 9. The fourth-order valence-corrected chi connectivity index (χ4v) is 5.05. The van der Waals surface area contributed by atoms with E-state index >= 15 is 0 Å². The fourth-order valence-electron chi connectivity index (χ4n) is 4.03. The van der Waals surface area contributed by atoms with Gasteiger partial charge in [-0.05, 0) is 44.5 Å². The number of carbonyl (C=O) groups excluding carboxylic acids is 1. The summed E-state index contributed by atoms with van der Waals surface area (Å²) in [5.41, 5.74) is 1.19. The molecule has 3 aromatic rings. The summed E-state index contributed by atoms with van der Waals surface area (Å²) in [6, 6.07) is 8.26. The molecule has 190 valence electrons. The zero-order chi connectivity index (χ0) is 26.0. The lowest BCUT2D eigenvalue weighted by molar-refractivity contribution is -0.139. The van der Waals surface area contributed by atoms with Gasteiger partial charge >= 0.3 is 5.97 Å². The van der Waals surface area contributed by atoms with Crippen molar-refractivity contribution in [3.05, 3.63) is 72.6 Å². The highest BCUT2D eigenvalue weighted by Gasteiger charge is 2.34. The Morgan fingerprint density at radius 2 is 1.97 bits per heavy atom. The number of methoxy groups -OCH3 is 1. The first-order valence-corrected chi connectivity index (χ1v) is 12.4. The largest absolute Gasteiger partial charge is 0.493 e. The Balaban J connectivity index is 1.94. The molecule has 1 atom stereocenters. The molecule has 1 aliphatic heterocycles. The van der Waals surface area contributed by atoms with E-state index in [0.717, 1.165) is 0 Å². The Hall–Kier alpha value is -3.79. The van der Waals surface area contributed by atoms with Crippen LogP contribution in [-0.2, 0) is 9.53 Å². The highest BCUT2D eigenvalue weighted by atomic mass is 32.1. The Kier molecular flexibility index (Phi) is 7.35. The molecule has 2 aromatic heterocycles. The molecule has 1 aromatic carbocycles. The van der Waals surface area contributed by atoms with E-state index in [9.17, 15) is 9.59 Å². The Morgan fingerprint density at radius 3 is 2.61 bits per heavy atom. The van der Waals surface area contributed by atoms with Gasteiger partial charge in [0.2, 0.25) is 0 Å². The molecule has 0 saturated heterocycles. The van der Waals surface area contributed by atoms with Gasteiger partial charge in [0.15, 0.2) is 22.2 Å². The second kappa shape index (κ2) is 10.4. The van der Waals surface area contributed by atoms with Gasteiger partial charge in [0, 0.05) is 26.2 Å². The number of benzene rings is 1. The minimum absolute atomic E-state index is 0.201. The third-order valence-electron chi connectivity index (χ3n) is 5.65. The Morgan fingerprint density at radius 1 is 1.19 bits per heavy atom. The van der Waals surface area contributed by atoms with E-state index in [1.807, 2.05) is 38.1 Å². The van der Waals surface area contributed by atoms with Gasteiger partial charge in [0.25, 0.3) is 5.56 Å². The van der Waals surface area contributed by atoms with Gasteiger partial charge < -0.3 is 23.5 Å². The van der Waals surface area contributed by atoms with E-state index in [1.165, 1.54) is 15.9 Å². The van der Waals surface area contributed by atoms with Gasteiger partial charge in [-0.3, -0.25) is 9.36 Å². The minimum Gasteiger partial charge on any atom is -0.493 e. The molecule has 0 aliphatic carbocycles. The molecule has 1 unspecified atom stereocenters. The Bertz CT molecular complexity index is 1490. The summed E-state index contributed by atoms with van der Waals surface area (Å²) in [6.45, 7) is 6.00. The molecule has 36 heavy (non-hydrogen) atoms. The minimum atomic E-state index is -0.749. The van der Waals surface area contributed by atoms with E-state index in [2.05, 4.69) is 4.99 Å². The smallest absolute Gasteiger partial charge is 0.338 e. The van der Waals surface area contributed by atoms with E-state index < -0.39 is 12.0 Å². The molecule has 0 radical (unpaired) electrons. The first kappa shape index (κ1) is 25.3. The maximum Gasteiger partial charge on any atom is 0.338 e. The van der Waals surface area contributed by atoms with Crippen LogP contribution < -0.4 is 29.3 Å². The van der Waals surface area contributed by atoms with Gasteiger partial charge in [-0.1, -0.05) is 17.4 Å². The summed E-state index contributed by atoms with van der Waals surface area (Å²) in [5, 5.41) is 0. The molecule has 4 rings (SSSR count). The van der Waals surface area contributed by atoms with Crippen LogP contribution in [0.3, 0.4) is 0 Å². The van der Waals surface area contributed by atoms with Crippen molar-refractivity contribution in [1.82, 2.24) is 4.57 Å². The van der Waals surface area contributed by atoms with Gasteiger partial charge in [-0.15, -0.1) is 0 Å². The first-order valence-electron chi connectivity index (χ1n) is 11.6. The van der Waals surface area contributed by atoms with Crippen LogP contribution in [0.5, 0.6) is 11.5 Å². The summed E-state index contributed by atoms with van der Waals surface area (Å²) in [5.74, 6) is 1.78. The third-order valence-corrected chi connectivity index (χ3v) is 6.63. The van der Waals surface area contributed by atoms with Crippen LogP contribution in [0.25, 0.3) is 6.08 Å². The topological polar surface area (TPSA) is 95.5 Å². The molecular formula is C26H29N3O6S. The zero-order valence-electron chi connectivity index (χ0n) is 21.2. The van der Waals surface area contributed by atoms with Gasteiger partial charge in [0.1, 0.15) is 5.76 Å². The lowest BCUT2D eigenvalue weighted by Gasteiger charge is -2.25. The number of anilines is 1. The normalized spacial score (nSPS) is 15.4. The average molecular weight is 512 g/mol. The molecule has 0 saturated carbocycles. The molecule has 0 amide bonds. The summed E-state index contributed by atoms with van der Waals surface area (Å²) in [6.07, 6.45) is 1.69. The van der Waals surface area contributed by atoms with Crippen LogP contribution in [-0.4, -0.2) is 45.0 Å². The first-order chi connectivity index (χ1) is 17.3. The quantitative estimate of drug-likeness (QED) is 0.429. The molecule has 9 nitrogen and oxygen atoms in total. The van der Waals surface area contributed by atoms with Crippen molar-refractivity contribution in [2.24, 2.45) is 4.99 Å². The maximum atomic E-state index is 13.7. The average Bonchev–Trinajstić information content (AvgIpc) is 3.43. The number of ether oxygens (including phenoxy) is 3. The number of carbonyl (C=O) groups is 1. The second-order valence-corrected chi connectivity index (χ2v) is 9.23. The lowest BCUT2D eigenvalue weighted by Crippen LogP contribution is -2.39. The molecule has 0 N–H and O–H groups in total. The fraction of sp³-hybridized carbons (Fsp3) is 0.346. The van der Waals surface area contributed by atoms with Crippen LogP contribution in [0, 0.1) is 0 Å². The maximum absolute atomic E-state index is 13.7. The van der Waals surface area contributed by atoms with Crippen molar-refractivity contribution < 1.29 is 23.4 Å². The number of thiazole rings is 1. The number of rotatable bonds is 8.